The number of benzene rings is 2. The lowest BCUT2D eigenvalue weighted by Gasteiger charge is -2.09. The summed E-state index contributed by atoms with van der Waals surface area (Å²) in [4.78, 5) is 9.61. The van der Waals surface area contributed by atoms with E-state index in [2.05, 4.69) is 15.9 Å². The van der Waals surface area contributed by atoms with Crippen molar-refractivity contribution in [2.24, 2.45) is 0 Å². The van der Waals surface area contributed by atoms with E-state index in [0.717, 1.165) is 10.0 Å². The quantitative estimate of drug-likeness (QED) is 0.597. The zero-order valence-electron chi connectivity index (χ0n) is 10.2. The number of rotatable bonds is 3. The van der Waals surface area contributed by atoms with Crippen molar-refractivity contribution in [2.45, 2.75) is 6.92 Å². The zero-order valence-corrected chi connectivity index (χ0v) is 11.8. The van der Waals surface area contributed by atoms with Crippen molar-refractivity contribution >= 4 is 21.6 Å². The highest BCUT2D eigenvalue weighted by atomic mass is 79.9. The van der Waals surface area contributed by atoms with E-state index in [4.69, 9.17) is 4.74 Å². The summed E-state index contributed by atoms with van der Waals surface area (Å²) < 4.78 is 33.3. The van der Waals surface area contributed by atoms with Crippen LogP contribution in [0.4, 0.5) is 14.5 Å². The molecule has 0 N–H and O–H groups in total. The van der Waals surface area contributed by atoms with Gasteiger partial charge in [-0.05, 0) is 30.7 Å². The Morgan fingerprint density at radius 3 is 2.30 bits per heavy atom. The van der Waals surface area contributed by atoms with Gasteiger partial charge in [0, 0.05) is 4.47 Å². The third-order valence-corrected chi connectivity index (χ3v) is 3.43. The van der Waals surface area contributed by atoms with Crippen LogP contribution in [0.5, 0.6) is 11.5 Å². The average Bonchev–Trinajstić information content (AvgIpc) is 2.37. The first-order valence-electron chi connectivity index (χ1n) is 5.46. The highest BCUT2D eigenvalue weighted by Gasteiger charge is 2.19. The largest absolute Gasteiger partial charge is 0.451 e. The maximum Gasteiger partial charge on any atom is 0.275 e. The second-order valence-corrected chi connectivity index (χ2v) is 4.86. The van der Waals surface area contributed by atoms with Crippen LogP contribution in [0.2, 0.25) is 0 Å². The molecule has 0 aliphatic heterocycles. The minimum absolute atomic E-state index is 0.234. The van der Waals surface area contributed by atoms with Crippen molar-refractivity contribution in [3.63, 3.8) is 0 Å². The minimum atomic E-state index is -1.13. The molecule has 0 radical (unpaired) electrons. The molecule has 7 heteroatoms. The smallest absolute Gasteiger partial charge is 0.275 e. The van der Waals surface area contributed by atoms with Crippen LogP contribution in [0, 0.1) is 28.7 Å². The Kier molecular flexibility index (Phi) is 3.99. The molecular formula is C13H8BrF2NO3. The first kappa shape index (κ1) is 14.4. The molecule has 2 aromatic rings. The van der Waals surface area contributed by atoms with E-state index in [0.29, 0.717) is 12.1 Å². The highest BCUT2D eigenvalue weighted by molar-refractivity contribution is 9.10. The molecule has 0 spiro atoms. The molecule has 0 aliphatic carbocycles. The van der Waals surface area contributed by atoms with Crippen molar-refractivity contribution in [3.8, 4) is 11.5 Å². The molecule has 4 nitrogen and oxygen atoms in total. The van der Waals surface area contributed by atoms with E-state index >= 15 is 0 Å². The van der Waals surface area contributed by atoms with Gasteiger partial charge in [-0.1, -0.05) is 15.9 Å². The van der Waals surface area contributed by atoms with Gasteiger partial charge in [0.15, 0.2) is 17.4 Å². The molecule has 0 aliphatic rings. The van der Waals surface area contributed by atoms with Crippen molar-refractivity contribution < 1.29 is 18.4 Å². The van der Waals surface area contributed by atoms with Crippen molar-refractivity contribution in [3.05, 3.63) is 62.1 Å². The third kappa shape index (κ3) is 2.93. The molecule has 0 heterocycles. The molecule has 20 heavy (non-hydrogen) atoms. The fourth-order valence-corrected chi connectivity index (χ4v) is 1.79. The maximum absolute atomic E-state index is 13.7. The first-order chi connectivity index (χ1) is 9.38. The standard InChI is InChI=1S/C13H8BrF2NO3/c1-7-4-9(2-3-10(7)14)20-13-11(15)5-8(17(18)19)6-12(13)16/h2-6H,1H3. The topological polar surface area (TPSA) is 52.4 Å². The Balaban J connectivity index is 2.38. The van der Waals surface area contributed by atoms with Gasteiger partial charge in [-0.25, -0.2) is 8.78 Å². The number of nitrogens with zero attached hydrogens (tertiary/aromatic N) is 1. The molecule has 0 atom stereocenters. The number of halogens is 3. The van der Waals surface area contributed by atoms with Crippen LogP contribution in [-0.4, -0.2) is 4.92 Å². The second-order valence-electron chi connectivity index (χ2n) is 4.01. The Bertz CT molecular complexity index is 668. The molecule has 0 unspecified atom stereocenters. The molecule has 0 bridgehead atoms. The molecule has 0 amide bonds. The number of aryl methyl sites for hydroxylation is 1. The Hall–Kier alpha value is -2.02. The van der Waals surface area contributed by atoms with Gasteiger partial charge in [-0.15, -0.1) is 0 Å². The molecular weight excluding hydrogens is 336 g/mol. The second kappa shape index (κ2) is 5.54. The Morgan fingerprint density at radius 2 is 1.80 bits per heavy atom. The summed E-state index contributed by atoms with van der Waals surface area (Å²) in [5.41, 5.74) is 0.157. The van der Waals surface area contributed by atoms with Crippen LogP contribution in [0.25, 0.3) is 0 Å². The lowest BCUT2D eigenvalue weighted by atomic mass is 10.2. The number of nitro groups is 1. The number of hydrogen-bond donors (Lipinski definition) is 0. The Labute approximate surface area is 121 Å². The van der Waals surface area contributed by atoms with Crippen molar-refractivity contribution in [2.75, 3.05) is 0 Å². The van der Waals surface area contributed by atoms with Crippen LogP contribution >= 0.6 is 15.9 Å². The Morgan fingerprint density at radius 1 is 1.20 bits per heavy atom. The third-order valence-electron chi connectivity index (χ3n) is 2.54. The molecule has 0 saturated carbocycles. The monoisotopic (exact) mass is 343 g/mol. The molecule has 2 rings (SSSR count). The molecule has 0 saturated heterocycles. The SMILES string of the molecule is Cc1cc(Oc2c(F)cc([N+](=O)[O-])cc2F)ccc1Br. The van der Waals surface area contributed by atoms with Crippen molar-refractivity contribution in [1.82, 2.24) is 0 Å². The number of non-ortho nitro benzene ring substituents is 1. The fraction of sp³-hybridized carbons (Fsp3) is 0.0769. The van der Waals surface area contributed by atoms with E-state index in [9.17, 15) is 18.9 Å². The summed E-state index contributed by atoms with van der Waals surface area (Å²) in [6.45, 7) is 1.79. The van der Waals surface area contributed by atoms with Crippen LogP contribution in [0.3, 0.4) is 0 Å². The number of hydrogen-bond acceptors (Lipinski definition) is 3. The minimum Gasteiger partial charge on any atom is -0.451 e. The first-order valence-corrected chi connectivity index (χ1v) is 6.25. The summed E-state index contributed by atoms with van der Waals surface area (Å²) in [7, 11) is 0. The number of ether oxygens (including phenoxy) is 1. The summed E-state index contributed by atoms with van der Waals surface area (Å²) >= 11 is 3.29. The van der Waals surface area contributed by atoms with Crippen LogP contribution in [0.15, 0.2) is 34.8 Å². The van der Waals surface area contributed by atoms with E-state index in [-0.39, 0.29) is 5.75 Å². The van der Waals surface area contributed by atoms with Gasteiger partial charge in [0.1, 0.15) is 5.75 Å². The van der Waals surface area contributed by atoms with Gasteiger partial charge >= 0.3 is 0 Å². The van der Waals surface area contributed by atoms with Gasteiger partial charge in [0.25, 0.3) is 5.69 Å². The summed E-state index contributed by atoms with van der Waals surface area (Å²) in [5.74, 6) is -2.69. The molecule has 104 valence electrons. The van der Waals surface area contributed by atoms with Crippen LogP contribution < -0.4 is 4.74 Å². The zero-order chi connectivity index (χ0) is 14.9. The van der Waals surface area contributed by atoms with Crippen molar-refractivity contribution in [1.29, 1.82) is 0 Å². The van der Waals surface area contributed by atoms with Crippen LogP contribution in [0.1, 0.15) is 5.56 Å². The fourth-order valence-electron chi connectivity index (χ4n) is 1.55. The van der Waals surface area contributed by atoms with E-state index < -0.39 is 28.0 Å². The van der Waals surface area contributed by atoms with Crippen LogP contribution in [-0.2, 0) is 0 Å². The predicted molar refractivity (Wildman–Crippen MR) is 72.0 cm³/mol. The summed E-state index contributed by atoms with van der Waals surface area (Å²) in [6, 6.07) is 6.02. The van der Waals surface area contributed by atoms with E-state index in [1.807, 2.05) is 0 Å². The van der Waals surface area contributed by atoms with Gasteiger partial charge in [0.05, 0.1) is 17.1 Å². The molecule has 2 aromatic carbocycles. The highest BCUT2D eigenvalue weighted by Crippen LogP contribution is 2.32. The summed E-state index contributed by atoms with van der Waals surface area (Å²) in [6.07, 6.45) is 0. The summed E-state index contributed by atoms with van der Waals surface area (Å²) in [5, 5.41) is 10.5. The molecule has 0 aromatic heterocycles. The van der Waals surface area contributed by atoms with E-state index in [1.54, 1.807) is 19.1 Å². The van der Waals surface area contributed by atoms with E-state index in [1.165, 1.54) is 6.07 Å². The van der Waals surface area contributed by atoms with Gasteiger partial charge < -0.3 is 4.74 Å². The van der Waals surface area contributed by atoms with Gasteiger partial charge in [-0.2, -0.15) is 0 Å². The number of nitro benzene ring substituents is 1. The molecule has 0 fully saturated rings. The van der Waals surface area contributed by atoms with Gasteiger partial charge in [-0.3, -0.25) is 10.1 Å². The lowest BCUT2D eigenvalue weighted by molar-refractivity contribution is -0.385. The average molecular weight is 344 g/mol. The normalized spacial score (nSPS) is 10.4. The van der Waals surface area contributed by atoms with Gasteiger partial charge in [0.2, 0.25) is 0 Å². The lowest BCUT2D eigenvalue weighted by Crippen LogP contribution is -1.96. The maximum atomic E-state index is 13.7. The predicted octanol–water partition coefficient (Wildman–Crippen LogP) is 4.74.